The quantitative estimate of drug-likeness (QED) is 0.247. The number of methoxy groups -OCH3 is 1. The van der Waals surface area contributed by atoms with Gasteiger partial charge in [-0.1, -0.05) is 71.3 Å². The first-order valence-electron chi connectivity index (χ1n) is 15.5. The Bertz CT molecular complexity index is 881. The van der Waals surface area contributed by atoms with Gasteiger partial charge in [0.1, 0.15) is 5.75 Å². The number of aliphatic carboxylic acids is 1. The molecular weight excluding hydrogens is 460 g/mol. The lowest BCUT2D eigenvalue weighted by molar-refractivity contribution is -0.142. The molecule has 0 aromatic heterocycles. The largest absolute Gasteiger partial charge is 0.497 e. The van der Waals surface area contributed by atoms with Gasteiger partial charge in [0.15, 0.2) is 0 Å². The number of ether oxygens (including phenoxy) is 1. The van der Waals surface area contributed by atoms with Crippen LogP contribution in [0.5, 0.6) is 5.75 Å². The zero-order chi connectivity index (χ0) is 26.4. The van der Waals surface area contributed by atoms with Crippen LogP contribution < -0.4 is 4.74 Å². The monoisotopic (exact) mass is 512 g/mol. The maximum absolute atomic E-state index is 11.3. The summed E-state index contributed by atoms with van der Waals surface area (Å²) in [5.74, 6) is 2.95. The van der Waals surface area contributed by atoms with Gasteiger partial charge < -0.3 is 14.9 Å². The van der Waals surface area contributed by atoms with Crippen molar-refractivity contribution in [1.82, 2.24) is 0 Å². The van der Waals surface area contributed by atoms with E-state index in [2.05, 4.69) is 32.0 Å². The lowest BCUT2D eigenvalue weighted by Crippen LogP contribution is -2.47. The average molecular weight is 513 g/mol. The molecule has 0 spiro atoms. The van der Waals surface area contributed by atoms with E-state index in [-0.39, 0.29) is 17.4 Å². The Morgan fingerprint density at radius 3 is 2.49 bits per heavy atom. The predicted molar refractivity (Wildman–Crippen MR) is 150 cm³/mol. The fraction of sp³-hybridized carbons (Fsp3) is 0.788. The number of hydrogen-bond acceptors (Lipinski definition) is 3. The minimum Gasteiger partial charge on any atom is -0.497 e. The summed E-state index contributed by atoms with van der Waals surface area (Å²) in [6.07, 6.45) is 18.1. The van der Waals surface area contributed by atoms with Gasteiger partial charge in [-0.2, -0.15) is 0 Å². The average Bonchev–Trinajstić information content (AvgIpc) is 3.20. The van der Waals surface area contributed by atoms with Gasteiger partial charge in [-0.05, 0) is 104 Å². The number of benzene rings is 1. The van der Waals surface area contributed by atoms with Crippen LogP contribution in [-0.4, -0.2) is 29.4 Å². The molecular formula is C33H52O4. The first-order chi connectivity index (χ1) is 17.9. The highest BCUT2D eigenvalue weighted by Crippen LogP contribution is 2.62. The Morgan fingerprint density at radius 2 is 1.78 bits per heavy atom. The molecule has 0 bridgehead atoms. The Hall–Kier alpha value is -1.55. The highest BCUT2D eigenvalue weighted by atomic mass is 16.5. The van der Waals surface area contributed by atoms with Gasteiger partial charge in [-0.25, -0.2) is 0 Å². The molecule has 4 nitrogen and oxygen atoms in total. The molecule has 4 rings (SSSR count). The molecule has 0 heterocycles. The summed E-state index contributed by atoms with van der Waals surface area (Å²) in [4.78, 5) is 11.3. The summed E-state index contributed by atoms with van der Waals surface area (Å²) in [5.41, 5.74) is 3.19. The molecule has 208 valence electrons. The van der Waals surface area contributed by atoms with Gasteiger partial charge in [0, 0.05) is 0 Å². The Balaban J connectivity index is 1.28. The first kappa shape index (κ1) is 28.5. The van der Waals surface area contributed by atoms with Crippen LogP contribution in [0.1, 0.15) is 127 Å². The van der Waals surface area contributed by atoms with Crippen LogP contribution in [0.2, 0.25) is 0 Å². The fourth-order valence-corrected chi connectivity index (χ4v) is 8.57. The van der Waals surface area contributed by atoms with E-state index in [1.165, 1.54) is 69.8 Å². The topological polar surface area (TPSA) is 66.8 Å². The molecule has 0 saturated heterocycles. The number of aliphatic hydroxyl groups excluding tert-OH is 1. The molecule has 3 aliphatic carbocycles. The third-order valence-corrected chi connectivity index (χ3v) is 10.7. The summed E-state index contributed by atoms with van der Waals surface area (Å²) in [6, 6.07) is 6.79. The number of unbranched alkanes of at least 4 members (excludes halogenated alkanes) is 6. The molecule has 0 aliphatic heterocycles. The second-order valence-corrected chi connectivity index (χ2v) is 12.8. The molecule has 2 fully saturated rings. The molecule has 2 saturated carbocycles. The van der Waals surface area contributed by atoms with E-state index in [4.69, 9.17) is 4.74 Å². The van der Waals surface area contributed by atoms with Crippen molar-refractivity contribution in [3.05, 3.63) is 29.3 Å². The van der Waals surface area contributed by atoms with E-state index in [9.17, 15) is 15.0 Å². The van der Waals surface area contributed by atoms with Crippen molar-refractivity contribution < 1.29 is 19.7 Å². The minimum absolute atomic E-state index is 0.111. The first-order valence-corrected chi connectivity index (χ1v) is 15.5. The lowest BCUT2D eigenvalue weighted by atomic mass is 9.52. The van der Waals surface area contributed by atoms with Crippen LogP contribution >= 0.6 is 0 Å². The van der Waals surface area contributed by atoms with Crippen LogP contribution in [-0.2, 0) is 11.2 Å². The van der Waals surface area contributed by atoms with Crippen molar-refractivity contribution in [2.45, 2.75) is 129 Å². The van der Waals surface area contributed by atoms with Gasteiger partial charge in [0.05, 0.1) is 19.1 Å². The van der Waals surface area contributed by atoms with Crippen molar-refractivity contribution in [2.24, 2.45) is 29.1 Å². The fourth-order valence-electron chi connectivity index (χ4n) is 8.57. The smallest absolute Gasteiger partial charge is 0.306 e. The van der Waals surface area contributed by atoms with Crippen molar-refractivity contribution in [3.63, 3.8) is 0 Å². The van der Waals surface area contributed by atoms with Gasteiger partial charge in [-0.3, -0.25) is 4.79 Å². The minimum atomic E-state index is -0.613. The number of fused-ring (bicyclic) bond motifs is 5. The predicted octanol–water partition coefficient (Wildman–Crippen LogP) is 8.15. The van der Waals surface area contributed by atoms with Crippen LogP contribution in [0.25, 0.3) is 0 Å². The molecule has 4 unspecified atom stereocenters. The van der Waals surface area contributed by atoms with E-state index < -0.39 is 5.97 Å². The maximum Gasteiger partial charge on any atom is 0.306 e. The molecule has 1 aromatic carbocycles. The Kier molecular flexibility index (Phi) is 10.00. The number of hydrogen-bond donors (Lipinski definition) is 2. The maximum atomic E-state index is 11.3. The summed E-state index contributed by atoms with van der Waals surface area (Å²) < 4.78 is 5.58. The van der Waals surface area contributed by atoms with Crippen LogP contribution in [0.4, 0.5) is 0 Å². The normalized spacial score (nSPS) is 31.3. The van der Waals surface area contributed by atoms with Crippen molar-refractivity contribution in [2.75, 3.05) is 7.11 Å². The SMILES string of the molecule is CCC[C@@H](CCCCCCCCCC1Cc2cc(OC)ccc2C2CC[C@@]3(C)C(CC[C@@H]3O)C12)C(=O)O. The highest BCUT2D eigenvalue weighted by molar-refractivity contribution is 5.69. The van der Waals surface area contributed by atoms with Crippen LogP contribution in [0.3, 0.4) is 0 Å². The number of carboxylic acids is 1. The van der Waals surface area contributed by atoms with Gasteiger partial charge in [-0.15, -0.1) is 0 Å². The molecule has 0 amide bonds. The van der Waals surface area contributed by atoms with E-state index in [0.29, 0.717) is 23.7 Å². The number of carbonyl (C=O) groups is 1. The Morgan fingerprint density at radius 1 is 1.05 bits per heavy atom. The summed E-state index contributed by atoms with van der Waals surface area (Å²) in [7, 11) is 1.77. The van der Waals surface area contributed by atoms with E-state index >= 15 is 0 Å². The van der Waals surface area contributed by atoms with E-state index in [1.54, 1.807) is 12.7 Å². The van der Waals surface area contributed by atoms with Crippen LogP contribution in [0.15, 0.2) is 18.2 Å². The highest BCUT2D eigenvalue weighted by Gasteiger charge is 2.56. The zero-order valence-corrected chi connectivity index (χ0v) is 23.7. The second kappa shape index (κ2) is 13.0. The van der Waals surface area contributed by atoms with Gasteiger partial charge >= 0.3 is 5.97 Å². The Labute approximate surface area is 225 Å². The molecule has 3 aliphatic rings. The summed E-state index contributed by atoms with van der Waals surface area (Å²) in [5, 5.41) is 20.2. The summed E-state index contributed by atoms with van der Waals surface area (Å²) in [6.45, 7) is 4.45. The molecule has 4 heteroatoms. The number of aliphatic hydroxyl groups is 1. The van der Waals surface area contributed by atoms with E-state index in [1.807, 2.05) is 0 Å². The molecule has 2 N–H and O–H groups in total. The molecule has 0 radical (unpaired) electrons. The lowest BCUT2D eigenvalue weighted by Gasteiger charge is -2.53. The van der Waals surface area contributed by atoms with Gasteiger partial charge in [0.25, 0.3) is 0 Å². The number of carboxylic acid groups (broad SMARTS) is 1. The summed E-state index contributed by atoms with van der Waals surface area (Å²) >= 11 is 0. The number of rotatable bonds is 14. The van der Waals surface area contributed by atoms with E-state index in [0.717, 1.165) is 44.3 Å². The van der Waals surface area contributed by atoms with Gasteiger partial charge in [0.2, 0.25) is 0 Å². The molecule has 37 heavy (non-hydrogen) atoms. The second-order valence-electron chi connectivity index (χ2n) is 12.8. The van der Waals surface area contributed by atoms with Crippen molar-refractivity contribution in [1.29, 1.82) is 0 Å². The third kappa shape index (κ3) is 6.37. The zero-order valence-electron chi connectivity index (χ0n) is 23.7. The van der Waals surface area contributed by atoms with Crippen LogP contribution in [0, 0.1) is 29.1 Å². The van der Waals surface area contributed by atoms with Crippen molar-refractivity contribution >= 4 is 5.97 Å². The molecule has 1 aromatic rings. The molecule has 7 atom stereocenters. The standard InChI is InChI=1S/C33H52O4/c1-4-12-23(32(35)36)13-10-8-6-5-7-9-11-14-24-21-25-22-26(37-3)15-16-27(25)28-19-20-33(2)29(31(24)28)17-18-30(33)34/h15-16,22-24,28-31,34H,4-14,17-21H2,1-3H3,(H,35,36)/t23-,24?,28?,29?,30-,31?,33-/m0/s1. The third-order valence-electron chi connectivity index (χ3n) is 10.7. The van der Waals surface area contributed by atoms with Crippen molar-refractivity contribution in [3.8, 4) is 5.75 Å².